The third kappa shape index (κ3) is 7.28. The lowest BCUT2D eigenvalue weighted by atomic mass is 10.1. The number of anilines is 1. The van der Waals surface area contributed by atoms with Crippen molar-refractivity contribution in [3.8, 4) is 0 Å². The molecule has 0 saturated carbocycles. The summed E-state index contributed by atoms with van der Waals surface area (Å²) < 4.78 is 0. The van der Waals surface area contributed by atoms with Gasteiger partial charge in [0.1, 0.15) is 0 Å². The van der Waals surface area contributed by atoms with Gasteiger partial charge in [-0.15, -0.1) is 0 Å². The molecule has 23 heavy (non-hydrogen) atoms. The zero-order chi connectivity index (χ0) is 17.2. The number of carbonyl (C=O) groups is 2. The Morgan fingerprint density at radius 1 is 1.13 bits per heavy atom. The van der Waals surface area contributed by atoms with Crippen LogP contribution in [0, 0.1) is 0 Å². The Hall–Kier alpha value is -1.88. The number of nitrogens with one attached hydrogen (secondary N) is 2. The van der Waals surface area contributed by atoms with Crippen molar-refractivity contribution >= 4 is 17.5 Å². The van der Waals surface area contributed by atoms with E-state index in [1.54, 1.807) is 24.3 Å². The van der Waals surface area contributed by atoms with E-state index in [-0.39, 0.29) is 17.9 Å². The first-order valence-electron chi connectivity index (χ1n) is 8.39. The highest BCUT2D eigenvalue weighted by Crippen LogP contribution is 2.11. The van der Waals surface area contributed by atoms with E-state index in [0.29, 0.717) is 17.8 Å². The maximum atomic E-state index is 12.2. The van der Waals surface area contributed by atoms with Crippen molar-refractivity contribution in [3.63, 3.8) is 0 Å². The minimum absolute atomic E-state index is 0.0479. The van der Waals surface area contributed by atoms with Crippen LogP contribution in [0.15, 0.2) is 24.3 Å². The summed E-state index contributed by atoms with van der Waals surface area (Å²) in [5.41, 5.74) is 1.20. The van der Waals surface area contributed by atoms with Gasteiger partial charge in [-0.25, -0.2) is 0 Å². The second-order valence-corrected chi connectivity index (χ2v) is 6.03. The third-order valence-corrected chi connectivity index (χ3v) is 3.28. The summed E-state index contributed by atoms with van der Waals surface area (Å²) in [6, 6.07) is 7.11. The molecule has 1 rings (SSSR count). The van der Waals surface area contributed by atoms with Gasteiger partial charge in [-0.05, 0) is 58.0 Å². The lowest BCUT2D eigenvalue weighted by Crippen LogP contribution is -2.34. The number of hydrogen-bond donors (Lipinski definition) is 2. The first kappa shape index (κ1) is 19.2. The summed E-state index contributed by atoms with van der Waals surface area (Å²) in [6.45, 7) is 10.3. The number of rotatable bonds is 9. The predicted octanol–water partition coefficient (Wildman–Crippen LogP) is 2.89. The van der Waals surface area contributed by atoms with E-state index in [1.807, 2.05) is 13.8 Å². The van der Waals surface area contributed by atoms with Gasteiger partial charge >= 0.3 is 0 Å². The summed E-state index contributed by atoms with van der Waals surface area (Å²) in [6.07, 6.45) is 2.05. The average molecular weight is 319 g/mol. The first-order valence-corrected chi connectivity index (χ1v) is 8.39. The molecule has 2 amide bonds. The van der Waals surface area contributed by atoms with Crippen molar-refractivity contribution in [3.05, 3.63) is 29.8 Å². The Morgan fingerprint density at radius 3 is 2.35 bits per heavy atom. The minimum atomic E-state index is -0.130. The largest absolute Gasteiger partial charge is 0.350 e. The molecule has 1 aromatic carbocycles. The fourth-order valence-corrected chi connectivity index (χ4v) is 2.39. The van der Waals surface area contributed by atoms with Gasteiger partial charge in [-0.2, -0.15) is 0 Å². The molecule has 5 heteroatoms. The van der Waals surface area contributed by atoms with E-state index in [9.17, 15) is 9.59 Å². The minimum Gasteiger partial charge on any atom is -0.350 e. The summed E-state index contributed by atoms with van der Waals surface area (Å²) in [7, 11) is 0. The Kier molecular flexibility index (Phi) is 8.33. The van der Waals surface area contributed by atoms with Crippen LogP contribution in [0.3, 0.4) is 0 Å². The SMILES string of the molecule is CCCN(CCC)CC(=O)Nc1cccc(C(=O)NC(C)C)c1. The standard InChI is InChI=1S/C18H29N3O2/c1-5-10-21(11-6-2)13-17(22)20-16-9-7-8-15(12-16)18(23)19-14(3)4/h7-9,12,14H,5-6,10-11,13H2,1-4H3,(H,19,23)(H,20,22). The molecule has 0 aliphatic heterocycles. The molecule has 2 N–H and O–H groups in total. The molecule has 0 aromatic heterocycles. The molecular formula is C18H29N3O2. The Labute approximate surface area is 139 Å². The molecule has 0 heterocycles. The molecule has 5 nitrogen and oxygen atoms in total. The van der Waals surface area contributed by atoms with Gasteiger partial charge in [0.05, 0.1) is 6.54 Å². The third-order valence-electron chi connectivity index (χ3n) is 3.28. The summed E-state index contributed by atoms with van der Waals surface area (Å²) in [4.78, 5) is 26.3. The molecule has 128 valence electrons. The van der Waals surface area contributed by atoms with Crippen LogP contribution in [0.2, 0.25) is 0 Å². The highest BCUT2D eigenvalue weighted by Gasteiger charge is 2.11. The normalized spacial score (nSPS) is 10.9. The topological polar surface area (TPSA) is 61.4 Å². The zero-order valence-corrected chi connectivity index (χ0v) is 14.7. The molecule has 0 aliphatic carbocycles. The van der Waals surface area contributed by atoms with Gasteiger partial charge in [0, 0.05) is 17.3 Å². The van der Waals surface area contributed by atoms with Crippen LogP contribution in [0.4, 0.5) is 5.69 Å². The molecule has 1 aromatic rings. The van der Waals surface area contributed by atoms with E-state index in [1.165, 1.54) is 0 Å². The molecule has 0 atom stereocenters. The second-order valence-electron chi connectivity index (χ2n) is 6.03. The fourth-order valence-electron chi connectivity index (χ4n) is 2.39. The van der Waals surface area contributed by atoms with Gasteiger partial charge in [-0.1, -0.05) is 19.9 Å². The van der Waals surface area contributed by atoms with Gasteiger partial charge < -0.3 is 10.6 Å². The van der Waals surface area contributed by atoms with E-state index in [4.69, 9.17) is 0 Å². The van der Waals surface area contributed by atoms with Crippen LogP contribution >= 0.6 is 0 Å². The van der Waals surface area contributed by atoms with Crippen molar-refractivity contribution in [2.45, 2.75) is 46.6 Å². The van der Waals surface area contributed by atoms with E-state index in [0.717, 1.165) is 25.9 Å². The fraction of sp³-hybridized carbons (Fsp3) is 0.556. The van der Waals surface area contributed by atoms with E-state index in [2.05, 4.69) is 29.4 Å². The molecule has 0 bridgehead atoms. The van der Waals surface area contributed by atoms with Crippen molar-refractivity contribution in [2.24, 2.45) is 0 Å². The number of carbonyl (C=O) groups excluding carboxylic acids is 2. The summed E-state index contributed by atoms with van der Waals surface area (Å²) in [5, 5.41) is 5.72. The van der Waals surface area contributed by atoms with Crippen LogP contribution in [0.25, 0.3) is 0 Å². The molecule has 0 spiro atoms. The van der Waals surface area contributed by atoms with E-state index < -0.39 is 0 Å². The Morgan fingerprint density at radius 2 is 1.78 bits per heavy atom. The lowest BCUT2D eigenvalue weighted by Gasteiger charge is -2.20. The van der Waals surface area contributed by atoms with E-state index >= 15 is 0 Å². The van der Waals surface area contributed by atoms with Gasteiger partial charge in [-0.3, -0.25) is 14.5 Å². The van der Waals surface area contributed by atoms with Crippen LogP contribution in [-0.2, 0) is 4.79 Å². The molecule has 0 radical (unpaired) electrons. The van der Waals surface area contributed by atoms with Gasteiger partial charge in [0.15, 0.2) is 0 Å². The molecule has 0 aliphatic rings. The summed E-state index contributed by atoms with van der Waals surface area (Å²) in [5.74, 6) is -0.178. The first-order chi connectivity index (χ1) is 11.0. The Balaban J connectivity index is 2.65. The quantitative estimate of drug-likeness (QED) is 0.736. The number of nitrogens with zero attached hydrogens (tertiary/aromatic N) is 1. The van der Waals surface area contributed by atoms with Crippen LogP contribution in [0.1, 0.15) is 50.9 Å². The highest BCUT2D eigenvalue weighted by atomic mass is 16.2. The number of hydrogen-bond acceptors (Lipinski definition) is 3. The highest BCUT2D eigenvalue weighted by molar-refractivity contribution is 5.97. The molecule has 0 saturated heterocycles. The molecule has 0 fully saturated rings. The molecular weight excluding hydrogens is 290 g/mol. The smallest absolute Gasteiger partial charge is 0.251 e. The zero-order valence-electron chi connectivity index (χ0n) is 14.7. The molecule has 0 unspecified atom stereocenters. The van der Waals surface area contributed by atoms with Gasteiger partial charge in [0.25, 0.3) is 5.91 Å². The van der Waals surface area contributed by atoms with Crippen LogP contribution in [-0.4, -0.2) is 42.4 Å². The lowest BCUT2D eigenvalue weighted by molar-refractivity contribution is -0.117. The van der Waals surface area contributed by atoms with Crippen LogP contribution in [0.5, 0.6) is 0 Å². The predicted molar refractivity (Wildman–Crippen MR) is 94.7 cm³/mol. The van der Waals surface area contributed by atoms with Crippen LogP contribution < -0.4 is 10.6 Å². The van der Waals surface area contributed by atoms with Crippen molar-refractivity contribution in [1.29, 1.82) is 0 Å². The van der Waals surface area contributed by atoms with Crippen molar-refractivity contribution in [2.75, 3.05) is 25.0 Å². The number of benzene rings is 1. The number of amides is 2. The second kappa shape index (κ2) is 10.0. The van der Waals surface area contributed by atoms with Crippen molar-refractivity contribution in [1.82, 2.24) is 10.2 Å². The maximum absolute atomic E-state index is 12.2. The monoisotopic (exact) mass is 319 g/mol. The Bertz CT molecular complexity index is 509. The van der Waals surface area contributed by atoms with Gasteiger partial charge in [0.2, 0.25) is 5.91 Å². The average Bonchev–Trinajstić information content (AvgIpc) is 2.47. The van der Waals surface area contributed by atoms with Crippen molar-refractivity contribution < 1.29 is 9.59 Å². The summed E-state index contributed by atoms with van der Waals surface area (Å²) >= 11 is 0. The maximum Gasteiger partial charge on any atom is 0.251 e.